The van der Waals surface area contributed by atoms with Gasteiger partial charge in [0.1, 0.15) is 11.6 Å². The Labute approximate surface area is 143 Å². The Kier molecular flexibility index (Phi) is 3.68. The van der Waals surface area contributed by atoms with E-state index in [1.807, 2.05) is 0 Å². The van der Waals surface area contributed by atoms with Gasteiger partial charge in [-0.3, -0.25) is 0 Å². The van der Waals surface area contributed by atoms with Crippen molar-refractivity contribution in [2.24, 2.45) is 0 Å². The first-order chi connectivity index (χ1) is 11.5. The molecule has 5 rings (SSSR count). The Morgan fingerprint density at radius 3 is 2.50 bits per heavy atom. The molecule has 6 heteroatoms. The standard InChI is InChI=1S/C18H16ClFN2O2/c19-13-7-11(5-6-14(13)20)22-17-16-10-3-1-9(2-4-10)15(16)12(8-21-17)18(23)24/h5-10H,1-4H2,(H,21,22)(H,23,24). The number of nitrogens with one attached hydrogen (secondary N) is 1. The van der Waals surface area contributed by atoms with Crippen molar-refractivity contribution >= 4 is 29.1 Å². The molecule has 0 saturated heterocycles. The van der Waals surface area contributed by atoms with Gasteiger partial charge in [-0.15, -0.1) is 0 Å². The van der Waals surface area contributed by atoms with Crippen molar-refractivity contribution in [3.8, 4) is 0 Å². The lowest BCUT2D eigenvalue weighted by Crippen LogP contribution is -2.26. The average Bonchev–Trinajstić information content (AvgIpc) is 2.59. The number of hydrogen-bond donors (Lipinski definition) is 2. The molecular formula is C18H16ClFN2O2. The van der Waals surface area contributed by atoms with Crippen LogP contribution in [0.15, 0.2) is 24.4 Å². The van der Waals surface area contributed by atoms with E-state index in [0.717, 1.165) is 36.8 Å². The van der Waals surface area contributed by atoms with Gasteiger partial charge in [-0.1, -0.05) is 11.6 Å². The number of halogens is 2. The van der Waals surface area contributed by atoms with E-state index in [1.54, 1.807) is 6.07 Å². The Morgan fingerprint density at radius 1 is 1.21 bits per heavy atom. The van der Waals surface area contributed by atoms with Crippen LogP contribution in [0.25, 0.3) is 0 Å². The third-order valence-corrected chi connectivity index (χ3v) is 5.40. The number of carbonyl (C=O) groups is 1. The van der Waals surface area contributed by atoms with Crippen LogP contribution in [0.4, 0.5) is 15.9 Å². The molecule has 2 aromatic rings. The highest BCUT2D eigenvalue weighted by atomic mass is 35.5. The van der Waals surface area contributed by atoms with Gasteiger partial charge in [-0.05, 0) is 61.3 Å². The number of nitrogens with zero attached hydrogens (tertiary/aromatic N) is 1. The molecule has 0 aliphatic heterocycles. The van der Waals surface area contributed by atoms with Crippen molar-refractivity contribution in [2.45, 2.75) is 37.5 Å². The third-order valence-electron chi connectivity index (χ3n) is 5.11. The van der Waals surface area contributed by atoms with Crippen LogP contribution in [0.2, 0.25) is 5.02 Å². The predicted octanol–water partition coefficient (Wildman–Crippen LogP) is 5.07. The van der Waals surface area contributed by atoms with E-state index in [4.69, 9.17) is 11.6 Å². The molecule has 1 aromatic carbocycles. The SMILES string of the molecule is O=C(O)c1cnc(Nc2ccc(F)c(Cl)c2)c2c1C1CCC2CC1. The van der Waals surface area contributed by atoms with Gasteiger partial charge < -0.3 is 10.4 Å². The van der Waals surface area contributed by atoms with Crippen molar-refractivity contribution in [1.29, 1.82) is 0 Å². The van der Waals surface area contributed by atoms with Crippen LogP contribution in [-0.4, -0.2) is 16.1 Å². The number of fused-ring (bicyclic) bond motifs is 2. The molecule has 3 aliphatic rings. The Bertz CT molecular complexity index is 832. The summed E-state index contributed by atoms with van der Waals surface area (Å²) in [5.74, 6) is -0.126. The fourth-order valence-corrected chi connectivity index (χ4v) is 4.23. The number of carboxylic acids is 1. The molecule has 4 nitrogen and oxygen atoms in total. The van der Waals surface area contributed by atoms with E-state index >= 15 is 0 Å². The number of hydrogen-bond acceptors (Lipinski definition) is 3. The maximum absolute atomic E-state index is 13.3. The molecule has 0 radical (unpaired) electrons. The zero-order valence-corrected chi connectivity index (χ0v) is 13.6. The molecule has 3 aliphatic carbocycles. The zero-order valence-electron chi connectivity index (χ0n) is 12.9. The van der Waals surface area contributed by atoms with Crippen molar-refractivity contribution in [3.63, 3.8) is 0 Å². The topological polar surface area (TPSA) is 62.2 Å². The number of anilines is 2. The fourth-order valence-electron chi connectivity index (χ4n) is 4.05. The number of benzene rings is 1. The normalized spacial score (nSPS) is 21.4. The molecule has 0 unspecified atom stereocenters. The van der Waals surface area contributed by atoms with E-state index < -0.39 is 11.8 Å². The summed E-state index contributed by atoms with van der Waals surface area (Å²) in [5.41, 5.74) is 2.89. The number of rotatable bonds is 3. The van der Waals surface area contributed by atoms with Crippen molar-refractivity contribution in [1.82, 2.24) is 4.98 Å². The number of aromatic carboxylic acids is 1. The summed E-state index contributed by atoms with van der Waals surface area (Å²) in [6.07, 6.45) is 5.60. The molecular weight excluding hydrogens is 331 g/mol. The maximum Gasteiger partial charge on any atom is 0.337 e. The first kappa shape index (κ1) is 15.4. The van der Waals surface area contributed by atoms with Crippen molar-refractivity contribution in [2.75, 3.05) is 5.32 Å². The van der Waals surface area contributed by atoms with E-state index in [1.165, 1.54) is 18.3 Å². The molecule has 2 N–H and O–H groups in total. The molecule has 24 heavy (non-hydrogen) atoms. The monoisotopic (exact) mass is 346 g/mol. The predicted molar refractivity (Wildman–Crippen MR) is 89.8 cm³/mol. The molecule has 124 valence electrons. The van der Waals surface area contributed by atoms with Crippen LogP contribution in [0.3, 0.4) is 0 Å². The quantitative estimate of drug-likeness (QED) is 0.814. The van der Waals surface area contributed by atoms with Crippen molar-refractivity contribution < 1.29 is 14.3 Å². The summed E-state index contributed by atoms with van der Waals surface area (Å²) in [4.78, 5) is 15.9. The largest absolute Gasteiger partial charge is 0.478 e. The van der Waals surface area contributed by atoms with Gasteiger partial charge >= 0.3 is 5.97 Å². The number of carboxylic acid groups (broad SMARTS) is 1. The van der Waals surface area contributed by atoms with Crippen LogP contribution in [0, 0.1) is 5.82 Å². The average molecular weight is 347 g/mol. The van der Waals surface area contributed by atoms with Crippen LogP contribution in [0.1, 0.15) is 59.0 Å². The Hall–Kier alpha value is -2.14. The third kappa shape index (κ3) is 2.44. The summed E-state index contributed by atoms with van der Waals surface area (Å²) in [5, 5.41) is 12.7. The van der Waals surface area contributed by atoms with Gasteiger partial charge in [0, 0.05) is 17.4 Å². The summed E-state index contributed by atoms with van der Waals surface area (Å²) in [6.45, 7) is 0. The molecule has 0 atom stereocenters. The highest BCUT2D eigenvalue weighted by Crippen LogP contribution is 2.52. The minimum atomic E-state index is -0.928. The maximum atomic E-state index is 13.3. The minimum Gasteiger partial charge on any atom is -0.478 e. The summed E-state index contributed by atoms with van der Waals surface area (Å²) in [6, 6.07) is 4.41. The molecule has 0 amide bonds. The minimum absolute atomic E-state index is 0.0394. The van der Waals surface area contributed by atoms with Crippen molar-refractivity contribution in [3.05, 3.63) is 51.9 Å². The van der Waals surface area contributed by atoms with Gasteiger partial charge in [0.2, 0.25) is 0 Å². The van der Waals surface area contributed by atoms with Gasteiger partial charge in [-0.2, -0.15) is 0 Å². The fraction of sp³-hybridized carbons (Fsp3) is 0.333. The van der Waals surface area contributed by atoms with Gasteiger partial charge in [-0.25, -0.2) is 14.2 Å². The highest BCUT2D eigenvalue weighted by molar-refractivity contribution is 6.31. The molecule has 1 saturated carbocycles. The number of pyridine rings is 1. The molecule has 1 heterocycles. The Morgan fingerprint density at radius 2 is 1.88 bits per heavy atom. The second-order valence-electron chi connectivity index (χ2n) is 6.46. The van der Waals surface area contributed by atoms with E-state index in [0.29, 0.717) is 23.0 Å². The van der Waals surface area contributed by atoms with Gasteiger partial charge in [0.25, 0.3) is 0 Å². The first-order valence-electron chi connectivity index (χ1n) is 8.02. The molecule has 1 aromatic heterocycles. The highest BCUT2D eigenvalue weighted by Gasteiger charge is 2.38. The smallest absolute Gasteiger partial charge is 0.337 e. The Balaban J connectivity index is 1.81. The summed E-state index contributed by atoms with van der Waals surface area (Å²) < 4.78 is 13.3. The van der Waals surface area contributed by atoms with E-state index in [2.05, 4.69) is 10.3 Å². The zero-order chi connectivity index (χ0) is 16.8. The van der Waals surface area contributed by atoms with Crippen LogP contribution in [0.5, 0.6) is 0 Å². The second kappa shape index (κ2) is 5.74. The van der Waals surface area contributed by atoms with Crippen LogP contribution < -0.4 is 5.32 Å². The number of aromatic nitrogens is 1. The molecule has 2 bridgehead atoms. The van der Waals surface area contributed by atoms with Gasteiger partial charge in [0.05, 0.1) is 10.6 Å². The van der Waals surface area contributed by atoms with Crippen LogP contribution >= 0.6 is 11.6 Å². The lowest BCUT2D eigenvalue weighted by Gasteiger charge is -2.39. The molecule has 1 fully saturated rings. The van der Waals surface area contributed by atoms with Crippen LogP contribution in [-0.2, 0) is 0 Å². The second-order valence-corrected chi connectivity index (χ2v) is 6.86. The van der Waals surface area contributed by atoms with E-state index in [-0.39, 0.29) is 10.9 Å². The lowest BCUT2D eigenvalue weighted by atomic mass is 9.66. The summed E-state index contributed by atoms with van der Waals surface area (Å²) >= 11 is 5.84. The summed E-state index contributed by atoms with van der Waals surface area (Å²) in [7, 11) is 0. The first-order valence-corrected chi connectivity index (χ1v) is 8.40. The van der Waals surface area contributed by atoms with E-state index in [9.17, 15) is 14.3 Å². The van der Waals surface area contributed by atoms with Gasteiger partial charge in [0.15, 0.2) is 0 Å². The lowest BCUT2D eigenvalue weighted by molar-refractivity contribution is 0.0693. The molecule has 0 spiro atoms.